The summed E-state index contributed by atoms with van der Waals surface area (Å²) in [6.07, 6.45) is 0.652. The number of benzene rings is 1. The number of hydrogen-bond donors (Lipinski definition) is 1. The number of aldehydes is 1. The van der Waals surface area contributed by atoms with Gasteiger partial charge in [0.1, 0.15) is 5.75 Å². The molecule has 0 aliphatic carbocycles. The fraction of sp³-hybridized carbons (Fsp3) is 0. The summed E-state index contributed by atoms with van der Waals surface area (Å²) in [5, 5.41) is 12.3. The van der Waals surface area contributed by atoms with Crippen molar-refractivity contribution in [3.8, 4) is 5.75 Å². The summed E-state index contributed by atoms with van der Waals surface area (Å²) in [5.41, 5.74) is 0.326. The van der Waals surface area contributed by atoms with Gasteiger partial charge < -0.3 is 5.11 Å². The Kier molecular flexibility index (Phi) is 2.09. The lowest BCUT2D eigenvalue weighted by Crippen LogP contribution is -1.79. The van der Waals surface area contributed by atoms with E-state index in [1.54, 1.807) is 12.1 Å². The summed E-state index contributed by atoms with van der Waals surface area (Å²) in [7, 11) is 0. The molecule has 2 aromatic rings. The topological polar surface area (TPSA) is 37.3 Å². The Morgan fingerprint density at radius 3 is 2.92 bits per heavy atom. The zero-order valence-corrected chi connectivity index (χ0v) is 8.85. The molecule has 1 heterocycles. The zero-order valence-electron chi connectivity index (χ0n) is 6.45. The van der Waals surface area contributed by atoms with Crippen molar-refractivity contribution in [3.63, 3.8) is 0 Å². The van der Waals surface area contributed by atoms with E-state index < -0.39 is 0 Å². The Balaban J connectivity index is 2.84. The molecule has 0 spiro atoms. The average molecular weight is 257 g/mol. The van der Waals surface area contributed by atoms with Crippen LogP contribution in [0.1, 0.15) is 10.4 Å². The molecule has 0 unspecified atom stereocenters. The van der Waals surface area contributed by atoms with Crippen LogP contribution in [-0.2, 0) is 0 Å². The van der Waals surface area contributed by atoms with E-state index in [2.05, 4.69) is 15.9 Å². The number of carbonyl (C=O) groups is 1. The van der Waals surface area contributed by atoms with Crippen LogP contribution < -0.4 is 0 Å². The fourth-order valence-electron chi connectivity index (χ4n) is 1.14. The molecule has 0 radical (unpaired) electrons. The van der Waals surface area contributed by atoms with Crippen LogP contribution in [0.15, 0.2) is 22.0 Å². The molecule has 0 amide bonds. The van der Waals surface area contributed by atoms with Crippen LogP contribution in [0, 0.1) is 0 Å². The van der Waals surface area contributed by atoms with Gasteiger partial charge in [-0.1, -0.05) is 0 Å². The molecule has 2 rings (SSSR count). The molecule has 0 saturated heterocycles. The number of fused-ring (bicyclic) bond motifs is 1. The van der Waals surface area contributed by atoms with Crippen LogP contribution >= 0.6 is 27.3 Å². The molecule has 1 N–H and O–H groups in total. The Morgan fingerprint density at radius 2 is 2.23 bits per heavy atom. The van der Waals surface area contributed by atoms with Gasteiger partial charge in [0, 0.05) is 19.9 Å². The SMILES string of the molecule is O=Cc1cc2c(Br)csc2cc1O. The first-order chi connectivity index (χ1) is 6.22. The normalized spacial score (nSPS) is 10.5. The molecule has 1 aromatic heterocycles. The lowest BCUT2D eigenvalue weighted by Gasteiger charge is -1.97. The third kappa shape index (κ3) is 1.36. The van der Waals surface area contributed by atoms with Crippen molar-refractivity contribution < 1.29 is 9.90 Å². The first kappa shape index (κ1) is 8.72. The van der Waals surface area contributed by atoms with Gasteiger partial charge in [-0.25, -0.2) is 0 Å². The second-order valence-corrected chi connectivity index (χ2v) is 4.37. The van der Waals surface area contributed by atoms with Gasteiger partial charge in [-0.2, -0.15) is 0 Å². The minimum absolute atomic E-state index is 0.0388. The molecule has 0 atom stereocenters. The minimum atomic E-state index is 0.0388. The highest BCUT2D eigenvalue weighted by Gasteiger charge is 2.06. The molecular formula is C9H5BrO2S. The third-order valence-electron chi connectivity index (χ3n) is 1.80. The number of phenolic OH excluding ortho intramolecular Hbond substituents is 1. The Morgan fingerprint density at radius 1 is 1.46 bits per heavy atom. The van der Waals surface area contributed by atoms with E-state index in [1.165, 1.54) is 11.3 Å². The standard InChI is InChI=1S/C9H5BrO2S/c10-7-4-13-9-2-8(12)5(3-11)1-6(7)9/h1-4,12H. The van der Waals surface area contributed by atoms with Gasteiger partial charge >= 0.3 is 0 Å². The maximum absolute atomic E-state index is 10.5. The zero-order chi connectivity index (χ0) is 9.42. The quantitative estimate of drug-likeness (QED) is 0.796. The summed E-state index contributed by atoms with van der Waals surface area (Å²) >= 11 is 4.89. The molecule has 0 aliphatic heterocycles. The lowest BCUT2D eigenvalue weighted by atomic mass is 10.1. The van der Waals surface area contributed by atoms with E-state index in [1.807, 2.05) is 5.38 Å². The molecule has 13 heavy (non-hydrogen) atoms. The van der Waals surface area contributed by atoms with Crippen LogP contribution in [0.4, 0.5) is 0 Å². The van der Waals surface area contributed by atoms with Gasteiger partial charge in [0.2, 0.25) is 0 Å². The number of aromatic hydroxyl groups is 1. The van der Waals surface area contributed by atoms with Crippen molar-refractivity contribution >= 4 is 43.6 Å². The van der Waals surface area contributed by atoms with Gasteiger partial charge in [-0.15, -0.1) is 11.3 Å². The maximum Gasteiger partial charge on any atom is 0.153 e. The van der Waals surface area contributed by atoms with Crippen molar-refractivity contribution in [3.05, 3.63) is 27.5 Å². The highest BCUT2D eigenvalue weighted by Crippen LogP contribution is 2.34. The Labute approximate surface area is 86.9 Å². The summed E-state index contributed by atoms with van der Waals surface area (Å²) in [5.74, 6) is 0.0388. The first-order valence-electron chi connectivity index (χ1n) is 3.57. The van der Waals surface area contributed by atoms with Crippen molar-refractivity contribution in [2.75, 3.05) is 0 Å². The number of carbonyl (C=O) groups excluding carboxylic acids is 1. The van der Waals surface area contributed by atoms with Gasteiger partial charge in [-0.05, 0) is 28.1 Å². The molecule has 66 valence electrons. The highest BCUT2D eigenvalue weighted by atomic mass is 79.9. The second-order valence-electron chi connectivity index (χ2n) is 2.61. The van der Waals surface area contributed by atoms with Crippen molar-refractivity contribution in [1.29, 1.82) is 0 Å². The number of phenols is 1. The fourth-order valence-corrected chi connectivity index (χ4v) is 2.72. The first-order valence-corrected chi connectivity index (χ1v) is 5.24. The van der Waals surface area contributed by atoms with Gasteiger partial charge in [0.15, 0.2) is 6.29 Å². The van der Waals surface area contributed by atoms with E-state index in [4.69, 9.17) is 0 Å². The van der Waals surface area contributed by atoms with Crippen molar-refractivity contribution in [2.45, 2.75) is 0 Å². The number of hydrogen-bond acceptors (Lipinski definition) is 3. The number of rotatable bonds is 1. The largest absolute Gasteiger partial charge is 0.507 e. The summed E-state index contributed by atoms with van der Waals surface area (Å²) in [6, 6.07) is 3.28. The van der Waals surface area contributed by atoms with Crippen LogP contribution in [0.5, 0.6) is 5.75 Å². The molecule has 0 aliphatic rings. The number of thiophene rings is 1. The van der Waals surface area contributed by atoms with Crippen molar-refractivity contribution in [2.24, 2.45) is 0 Å². The van der Waals surface area contributed by atoms with E-state index >= 15 is 0 Å². The smallest absolute Gasteiger partial charge is 0.153 e. The van der Waals surface area contributed by atoms with Crippen molar-refractivity contribution in [1.82, 2.24) is 0 Å². The molecule has 1 aromatic carbocycles. The van der Waals surface area contributed by atoms with Gasteiger partial charge in [0.25, 0.3) is 0 Å². The molecule has 0 saturated carbocycles. The predicted molar refractivity (Wildman–Crippen MR) is 56.6 cm³/mol. The molecular weight excluding hydrogens is 252 g/mol. The Bertz CT molecular complexity index is 476. The third-order valence-corrected chi connectivity index (χ3v) is 3.71. The number of halogens is 1. The van der Waals surface area contributed by atoms with Crippen LogP contribution in [0.3, 0.4) is 0 Å². The predicted octanol–water partition coefficient (Wildman–Crippen LogP) is 3.18. The van der Waals surface area contributed by atoms with Crippen LogP contribution in [0.2, 0.25) is 0 Å². The average Bonchev–Trinajstić information content (AvgIpc) is 2.46. The molecule has 0 bridgehead atoms. The monoisotopic (exact) mass is 256 g/mol. The van der Waals surface area contributed by atoms with E-state index in [9.17, 15) is 9.90 Å². The van der Waals surface area contributed by atoms with Gasteiger partial charge in [0.05, 0.1) is 5.56 Å². The summed E-state index contributed by atoms with van der Waals surface area (Å²) in [4.78, 5) is 10.5. The lowest BCUT2D eigenvalue weighted by molar-refractivity contribution is 0.112. The second kappa shape index (κ2) is 3.12. The van der Waals surface area contributed by atoms with Crippen LogP contribution in [0.25, 0.3) is 10.1 Å². The molecule has 2 nitrogen and oxygen atoms in total. The van der Waals surface area contributed by atoms with Gasteiger partial charge in [-0.3, -0.25) is 4.79 Å². The summed E-state index contributed by atoms with van der Waals surface area (Å²) < 4.78 is 1.92. The highest BCUT2D eigenvalue weighted by molar-refractivity contribution is 9.10. The molecule has 0 fully saturated rings. The summed E-state index contributed by atoms with van der Waals surface area (Å²) in [6.45, 7) is 0. The van der Waals surface area contributed by atoms with E-state index in [0.717, 1.165) is 14.6 Å². The maximum atomic E-state index is 10.5. The van der Waals surface area contributed by atoms with E-state index in [0.29, 0.717) is 11.8 Å². The minimum Gasteiger partial charge on any atom is -0.507 e. The molecule has 4 heteroatoms. The Hall–Kier alpha value is -0.870. The van der Waals surface area contributed by atoms with Crippen LogP contribution in [-0.4, -0.2) is 11.4 Å². The van der Waals surface area contributed by atoms with E-state index in [-0.39, 0.29) is 5.75 Å².